The molecule has 3 heterocycles. The summed E-state index contributed by atoms with van der Waals surface area (Å²) in [7, 11) is 0. The molecule has 4 rings (SSSR count). The Bertz CT molecular complexity index is 809. The van der Waals surface area contributed by atoms with Crippen molar-refractivity contribution in [1.82, 2.24) is 30.1 Å². The third-order valence-corrected chi connectivity index (χ3v) is 5.13. The Balaban J connectivity index is 1.67. The van der Waals surface area contributed by atoms with E-state index in [1.54, 1.807) is 0 Å². The quantitative estimate of drug-likeness (QED) is 0.709. The normalized spacial score (nSPS) is 17.3. The fourth-order valence-corrected chi connectivity index (χ4v) is 3.58. The molecule has 0 N–H and O–H groups in total. The van der Waals surface area contributed by atoms with Crippen molar-refractivity contribution in [2.75, 3.05) is 13.1 Å². The van der Waals surface area contributed by atoms with Crippen LogP contribution in [0.25, 0.3) is 0 Å². The molecule has 1 aliphatic rings. The molecule has 0 amide bonds. The first kappa shape index (κ1) is 16.8. The van der Waals surface area contributed by atoms with Crippen LogP contribution in [0.3, 0.4) is 0 Å². The van der Waals surface area contributed by atoms with E-state index in [-0.39, 0.29) is 6.04 Å². The molecule has 1 aromatic carbocycles. The summed E-state index contributed by atoms with van der Waals surface area (Å²) in [6.45, 7) is 5.07. The Morgan fingerprint density at radius 1 is 1.04 bits per heavy atom. The third-order valence-electron chi connectivity index (χ3n) is 5.13. The minimum Gasteiger partial charge on any atom is -0.288 e. The van der Waals surface area contributed by atoms with Crippen molar-refractivity contribution in [3.63, 3.8) is 0 Å². The number of benzene rings is 1. The molecule has 6 nitrogen and oxygen atoms in total. The van der Waals surface area contributed by atoms with Gasteiger partial charge in [0.15, 0.2) is 5.82 Å². The van der Waals surface area contributed by atoms with Crippen LogP contribution in [0.2, 0.25) is 0 Å². The van der Waals surface area contributed by atoms with Crippen LogP contribution in [0, 0.1) is 5.92 Å². The highest BCUT2D eigenvalue weighted by molar-refractivity contribution is 5.19. The molecule has 2 aromatic heterocycles. The van der Waals surface area contributed by atoms with E-state index in [2.05, 4.69) is 50.5 Å². The molecule has 0 spiro atoms. The molecule has 0 radical (unpaired) electrons. The highest BCUT2D eigenvalue weighted by Crippen LogP contribution is 2.30. The molecule has 1 fully saturated rings. The van der Waals surface area contributed by atoms with Gasteiger partial charge in [0, 0.05) is 6.20 Å². The van der Waals surface area contributed by atoms with Gasteiger partial charge in [0.05, 0.1) is 12.2 Å². The van der Waals surface area contributed by atoms with Crippen molar-refractivity contribution in [3.8, 4) is 0 Å². The summed E-state index contributed by atoms with van der Waals surface area (Å²) in [6.07, 6.45) is 4.24. The summed E-state index contributed by atoms with van der Waals surface area (Å²) >= 11 is 0. The second-order valence-corrected chi connectivity index (χ2v) is 7.06. The van der Waals surface area contributed by atoms with E-state index in [9.17, 15) is 0 Å². The van der Waals surface area contributed by atoms with Gasteiger partial charge in [-0.05, 0) is 60.0 Å². The van der Waals surface area contributed by atoms with Crippen molar-refractivity contribution in [2.24, 2.45) is 5.92 Å². The lowest BCUT2D eigenvalue weighted by Crippen LogP contribution is -2.38. The maximum Gasteiger partial charge on any atom is 0.174 e. The summed E-state index contributed by atoms with van der Waals surface area (Å²) in [5, 5.41) is 12.7. The predicted octanol–water partition coefficient (Wildman–Crippen LogP) is 2.94. The number of pyridine rings is 1. The summed E-state index contributed by atoms with van der Waals surface area (Å²) in [5.74, 6) is 1.64. The monoisotopic (exact) mass is 348 g/mol. The van der Waals surface area contributed by atoms with E-state index in [1.165, 1.54) is 18.4 Å². The lowest BCUT2D eigenvalue weighted by atomic mass is 9.97. The minimum absolute atomic E-state index is 0.0117. The van der Waals surface area contributed by atoms with Crippen LogP contribution in [0.5, 0.6) is 0 Å². The van der Waals surface area contributed by atoms with Gasteiger partial charge in [0.2, 0.25) is 0 Å². The van der Waals surface area contributed by atoms with E-state index in [0.717, 1.165) is 30.5 Å². The Morgan fingerprint density at radius 2 is 1.81 bits per heavy atom. The average molecular weight is 348 g/mol. The Morgan fingerprint density at radius 3 is 2.54 bits per heavy atom. The number of rotatable bonds is 5. The van der Waals surface area contributed by atoms with Crippen molar-refractivity contribution >= 4 is 0 Å². The molecule has 1 unspecified atom stereocenters. The van der Waals surface area contributed by atoms with Crippen LogP contribution in [0.4, 0.5) is 0 Å². The van der Waals surface area contributed by atoms with E-state index in [1.807, 2.05) is 41.2 Å². The third kappa shape index (κ3) is 3.65. The minimum atomic E-state index is -0.0117. The van der Waals surface area contributed by atoms with E-state index in [4.69, 9.17) is 0 Å². The number of tetrazole rings is 1. The number of nitrogens with zero attached hydrogens (tertiary/aromatic N) is 6. The number of piperidine rings is 1. The molecule has 0 aliphatic carbocycles. The van der Waals surface area contributed by atoms with E-state index in [0.29, 0.717) is 6.54 Å². The lowest BCUT2D eigenvalue weighted by molar-refractivity contribution is 0.148. The zero-order valence-corrected chi connectivity index (χ0v) is 15.1. The molecule has 1 saturated heterocycles. The topological polar surface area (TPSA) is 59.7 Å². The average Bonchev–Trinajstić information content (AvgIpc) is 3.13. The largest absolute Gasteiger partial charge is 0.288 e. The molecule has 134 valence electrons. The maximum atomic E-state index is 4.63. The molecule has 26 heavy (non-hydrogen) atoms. The van der Waals surface area contributed by atoms with Gasteiger partial charge >= 0.3 is 0 Å². The Kier molecular flexibility index (Phi) is 5.02. The van der Waals surface area contributed by atoms with Gasteiger partial charge < -0.3 is 0 Å². The number of likely N-dealkylation sites (tertiary alicyclic amines) is 1. The van der Waals surface area contributed by atoms with Gasteiger partial charge in [-0.3, -0.25) is 9.88 Å². The first-order valence-corrected chi connectivity index (χ1v) is 9.26. The molecule has 0 saturated carbocycles. The highest BCUT2D eigenvalue weighted by atomic mass is 15.5. The van der Waals surface area contributed by atoms with Crippen LogP contribution in [0.1, 0.15) is 42.9 Å². The molecule has 0 bridgehead atoms. The highest BCUT2D eigenvalue weighted by Gasteiger charge is 2.31. The smallest absolute Gasteiger partial charge is 0.174 e. The molecule has 3 aromatic rings. The van der Waals surface area contributed by atoms with Crippen LogP contribution < -0.4 is 0 Å². The summed E-state index contributed by atoms with van der Waals surface area (Å²) in [5.41, 5.74) is 2.19. The standard InChI is InChI=1S/C20H24N6/c1-16-10-13-25(14-11-16)19(18-9-5-6-12-21-18)20-22-23-24-26(20)15-17-7-3-2-4-8-17/h2-9,12,16,19H,10-11,13-15H2,1H3. The molecular formula is C20H24N6. The summed E-state index contributed by atoms with van der Waals surface area (Å²) < 4.78 is 1.91. The first-order chi connectivity index (χ1) is 12.8. The number of hydrogen-bond acceptors (Lipinski definition) is 5. The summed E-state index contributed by atoms with van der Waals surface area (Å²) in [6, 6.07) is 16.4. The van der Waals surface area contributed by atoms with Gasteiger partial charge in [-0.2, -0.15) is 0 Å². The predicted molar refractivity (Wildman–Crippen MR) is 99.4 cm³/mol. The zero-order valence-electron chi connectivity index (χ0n) is 15.1. The van der Waals surface area contributed by atoms with Crippen LogP contribution >= 0.6 is 0 Å². The van der Waals surface area contributed by atoms with Crippen molar-refractivity contribution in [1.29, 1.82) is 0 Å². The zero-order chi connectivity index (χ0) is 17.8. The van der Waals surface area contributed by atoms with E-state index < -0.39 is 0 Å². The fraction of sp³-hybridized carbons (Fsp3) is 0.400. The van der Waals surface area contributed by atoms with Crippen molar-refractivity contribution in [2.45, 2.75) is 32.4 Å². The molecule has 1 atom stereocenters. The van der Waals surface area contributed by atoms with Gasteiger partial charge in [-0.25, -0.2) is 4.68 Å². The number of aromatic nitrogens is 5. The lowest BCUT2D eigenvalue weighted by Gasteiger charge is -2.35. The van der Waals surface area contributed by atoms with Gasteiger partial charge in [-0.1, -0.05) is 43.3 Å². The molecule has 1 aliphatic heterocycles. The summed E-state index contributed by atoms with van der Waals surface area (Å²) in [4.78, 5) is 7.09. The second kappa shape index (κ2) is 7.74. The van der Waals surface area contributed by atoms with Crippen LogP contribution in [-0.4, -0.2) is 43.2 Å². The van der Waals surface area contributed by atoms with Crippen molar-refractivity contribution < 1.29 is 0 Å². The fourth-order valence-electron chi connectivity index (χ4n) is 3.58. The Labute approximate surface area is 153 Å². The van der Waals surface area contributed by atoms with E-state index >= 15 is 0 Å². The van der Waals surface area contributed by atoms with Gasteiger partial charge in [-0.15, -0.1) is 5.10 Å². The van der Waals surface area contributed by atoms with Gasteiger partial charge in [0.25, 0.3) is 0 Å². The molecule has 6 heteroatoms. The van der Waals surface area contributed by atoms with Gasteiger partial charge in [0.1, 0.15) is 6.04 Å². The van der Waals surface area contributed by atoms with Crippen LogP contribution in [0.15, 0.2) is 54.7 Å². The first-order valence-electron chi connectivity index (χ1n) is 9.26. The Hall–Kier alpha value is -2.60. The maximum absolute atomic E-state index is 4.63. The SMILES string of the molecule is CC1CCN(C(c2ccccn2)c2nnnn2Cc2ccccc2)CC1. The number of hydrogen-bond donors (Lipinski definition) is 0. The molecular weight excluding hydrogens is 324 g/mol. The van der Waals surface area contributed by atoms with Crippen molar-refractivity contribution in [3.05, 3.63) is 71.8 Å². The second-order valence-electron chi connectivity index (χ2n) is 7.06. The van der Waals surface area contributed by atoms with Crippen LogP contribution in [-0.2, 0) is 6.54 Å².